The predicted molar refractivity (Wildman–Crippen MR) is 95.6 cm³/mol. The summed E-state index contributed by atoms with van der Waals surface area (Å²) >= 11 is 1.70. The van der Waals surface area contributed by atoms with E-state index in [4.69, 9.17) is 0 Å². The third-order valence-corrected chi connectivity index (χ3v) is 4.70. The highest BCUT2D eigenvalue weighted by atomic mass is 32.1. The molecule has 0 unspecified atom stereocenters. The number of hydrogen-bond acceptors (Lipinski definition) is 4. The molecule has 0 aliphatic heterocycles. The van der Waals surface area contributed by atoms with Gasteiger partial charge in [0.2, 0.25) is 0 Å². The van der Waals surface area contributed by atoms with Crippen molar-refractivity contribution in [2.24, 2.45) is 0 Å². The Labute approximate surface area is 141 Å². The Morgan fingerprint density at radius 2 is 1.87 bits per heavy atom. The first kappa shape index (κ1) is 15.8. The molecule has 118 valence electrons. The van der Waals surface area contributed by atoms with Gasteiger partial charge in [0.25, 0.3) is 0 Å². The van der Waals surface area contributed by atoms with E-state index in [1.54, 1.807) is 11.3 Å². The van der Waals surface area contributed by atoms with E-state index in [1.165, 1.54) is 11.1 Å². The van der Waals surface area contributed by atoms with Gasteiger partial charge in [-0.2, -0.15) is 0 Å². The molecule has 0 spiro atoms. The second kappa shape index (κ2) is 7.02. The van der Waals surface area contributed by atoms with Gasteiger partial charge < -0.3 is 0 Å². The van der Waals surface area contributed by atoms with Gasteiger partial charge in [0, 0.05) is 18.1 Å². The molecule has 0 fully saturated rings. The molecular formula is C19H21N3S. The van der Waals surface area contributed by atoms with Crippen LogP contribution in [0.4, 0.5) is 0 Å². The Morgan fingerprint density at radius 3 is 2.48 bits per heavy atom. The maximum absolute atomic E-state index is 4.59. The van der Waals surface area contributed by atoms with E-state index < -0.39 is 0 Å². The lowest BCUT2D eigenvalue weighted by atomic mass is 10.0. The number of nitrogens with zero attached hydrogens (tertiary/aromatic N) is 3. The van der Waals surface area contributed by atoms with Gasteiger partial charge in [-0.05, 0) is 38.6 Å². The lowest BCUT2D eigenvalue weighted by molar-refractivity contribution is 0.263. The van der Waals surface area contributed by atoms with Crippen LogP contribution in [-0.2, 0) is 6.54 Å². The van der Waals surface area contributed by atoms with Crippen LogP contribution in [0.2, 0.25) is 0 Å². The summed E-state index contributed by atoms with van der Waals surface area (Å²) in [4.78, 5) is 11.5. The Morgan fingerprint density at radius 1 is 1.09 bits per heavy atom. The van der Waals surface area contributed by atoms with E-state index in [0.717, 1.165) is 22.9 Å². The molecule has 3 rings (SSSR count). The number of rotatable bonds is 5. The normalized spacial score (nSPS) is 12.5. The molecule has 4 heteroatoms. The van der Waals surface area contributed by atoms with Crippen molar-refractivity contribution in [1.29, 1.82) is 0 Å². The monoisotopic (exact) mass is 323 g/mol. The van der Waals surface area contributed by atoms with Crippen LogP contribution in [-0.4, -0.2) is 21.9 Å². The summed E-state index contributed by atoms with van der Waals surface area (Å²) in [6, 6.07) is 14.9. The van der Waals surface area contributed by atoms with Gasteiger partial charge in [-0.1, -0.05) is 35.9 Å². The van der Waals surface area contributed by atoms with Gasteiger partial charge >= 0.3 is 0 Å². The second-order valence-corrected chi connectivity index (χ2v) is 6.90. The van der Waals surface area contributed by atoms with Crippen molar-refractivity contribution in [2.45, 2.75) is 26.4 Å². The van der Waals surface area contributed by atoms with Crippen molar-refractivity contribution in [3.05, 3.63) is 81.6 Å². The summed E-state index contributed by atoms with van der Waals surface area (Å²) < 4.78 is 0. The Hall–Kier alpha value is -2.04. The molecular weight excluding hydrogens is 302 g/mol. The third-order valence-electron chi connectivity index (χ3n) is 3.88. The lowest BCUT2D eigenvalue weighted by Gasteiger charge is -2.27. The van der Waals surface area contributed by atoms with Crippen LogP contribution in [0.1, 0.15) is 33.6 Å². The smallest absolute Gasteiger partial charge is 0.0897 e. The minimum atomic E-state index is 0.124. The van der Waals surface area contributed by atoms with E-state index in [1.807, 2.05) is 25.3 Å². The molecule has 0 amide bonds. The molecule has 0 N–H and O–H groups in total. The summed E-state index contributed by atoms with van der Waals surface area (Å²) in [5.74, 6) is 0. The van der Waals surface area contributed by atoms with Crippen LogP contribution in [0, 0.1) is 13.8 Å². The lowest BCUT2D eigenvalue weighted by Crippen LogP contribution is -2.26. The molecule has 3 aromatic rings. The van der Waals surface area contributed by atoms with Gasteiger partial charge in [-0.25, -0.2) is 4.98 Å². The largest absolute Gasteiger partial charge is 0.288 e. The van der Waals surface area contributed by atoms with E-state index in [-0.39, 0.29) is 6.04 Å². The SMILES string of the molecule is Cc1ccc([C@H](c2ccccn2)N(C)Cc2csc(C)n2)cc1. The number of thiazole rings is 1. The van der Waals surface area contributed by atoms with Crippen molar-refractivity contribution in [3.8, 4) is 0 Å². The zero-order valence-corrected chi connectivity index (χ0v) is 14.5. The van der Waals surface area contributed by atoms with Crippen molar-refractivity contribution >= 4 is 11.3 Å². The van der Waals surface area contributed by atoms with Crippen molar-refractivity contribution in [2.75, 3.05) is 7.05 Å². The van der Waals surface area contributed by atoms with E-state index in [9.17, 15) is 0 Å². The number of aryl methyl sites for hydroxylation is 2. The highest BCUT2D eigenvalue weighted by Crippen LogP contribution is 2.28. The second-order valence-electron chi connectivity index (χ2n) is 5.84. The van der Waals surface area contributed by atoms with Gasteiger partial charge in [0.15, 0.2) is 0 Å². The first-order chi connectivity index (χ1) is 11.1. The molecule has 0 bridgehead atoms. The van der Waals surface area contributed by atoms with Crippen molar-refractivity contribution in [1.82, 2.24) is 14.9 Å². The average molecular weight is 323 g/mol. The van der Waals surface area contributed by atoms with Crippen LogP contribution in [0.3, 0.4) is 0 Å². The predicted octanol–water partition coefficient (Wildman–Crippen LogP) is 4.38. The molecule has 0 saturated heterocycles. The van der Waals surface area contributed by atoms with Crippen LogP contribution >= 0.6 is 11.3 Å². The maximum atomic E-state index is 4.59. The molecule has 2 aromatic heterocycles. The maximum Gasteiger partial charge on any atom is 0.0897 e. The molecule has 0 aliphatic carbocycles. The molecule has 1 atom stereocenters. The van der Waals surface area contributed by atoms with E-state index in [2.05, 4.69) is 64.6 Å². The van der Waals surface area contributed by atoms with Crippen molar-refractivity contribution < 1.29 is 0 Å². The fourth-order valence-electron chi connectivity index (χ4n) is 2.77. The zero-order valence-electron chi connectivity index (χ0n) is 13.7. The summed E-state index contributed by atoms with van der Waals surface area (Å²) in [5.41, 5.74) is 4.70. The van der Waals surface area contributed by atoms with Crippen LogP contribution < -0.4 is 0 Å². The third kappa shape index (κ3) is 3.84. The fraction of sp³-hybridized carbons (Fsp3) is 0.263. The number of pyridine rings is 1. The molecule has 0 radical (unpaired) electrons. The topological polar surface area (TPSA) is 29.0 Å². The molecule has 0 aliphatic rings. The van der Waals surface area contributed by atoms with E-state index in [0.29, 0.717) is 0 Å². The van der Waals surface area contributed by atoms with E-state index >= 15 is 0 Å². The van der Waals surface area contributed by atoms with Gasteiger partial charge in [0.1, 0.15) is 0 Å². The highest BCUT2D eigenvalue weighted by Gasteiger charge is 2.21. The number of hydrogen-bond donors (Lipinski definition) is 0. The first-order valence-electron chi connectivity index (χ1n) is 7.72. The minimum absolute atomic E-state index is 0.124. The zero-order chi connectivity index (χ0) is 16.2. The molecule has 2 heterocycles. The highest BCUT2D eigenvalue weighted by molar-refractivity contribution is 7.09. The molecule has 23 heavy (non-hydrogen) atoms. The quantitative estimate of drug-likeness (QED) is 0.698. The Bertz CT molecular complexity index is 750. The Balaban J connectivity index is 1.92. The molecule has 3 nitrogen and oxygen atoms in total. The first-order valence-corrected chi connectivity index (χ1v) is 8.60. The Kier molecular flexibility index (Phi) is 4.84. The summed E-state index contributed by atoms with van der Waals surface area (Å²) in [7, 11) is 2.13. The van der Waals surface area contributed by atoms with Crippen LogP contribution in [0.25, 0.3) is 0 Å². The fourth-order valence-corrected chi connectivity index (χ4v) is 3.37. The van der Waals surface area contributed by atoms with Crippen LogP contribution in [0.5, 0.6) is 0 Å². The van der Waals surface area contributed by atoms with Crippen molar-refractivity contribution in [3.63, 3.8) is 0 Å². The summed E-state index contributed by atoms with van der Waals surface area (Å²) in [6.07, 6.45) is 1.86. The summed E-state index contributed by atoms with van der Waals surface area (Å²) in [6.45, 7) is 4.96. The van der Waals surface area contributed by atoms with Gasteiger partial charge in [0.05, 0.1) is 22.4 Å². The van der Waals surface area contributed by atoms with Gasteiger partial charge in [-0.15, -0.1) is 11.3 Å². The molecule has 0 saturated carbocycles. The van der Waals surface area contributed by atoms with Gasteiger partial charge in [-0.3, -0.25) is 9.88 Å². The minimum Gasteiger partial charge on any atom is -0.288 e. The molecule has 1 aromatic carbocycles. The average Bonchev–Trinajstić information content (AvgIpc) is 2.95. The van der Waals surface area contributed by atoms with Crippen LogP contribution in [0.15, 0.2) is 54.0 Å². The standard InChI is InChI=1S/C19H21N3S/c1-14-7-9-16(10-8-14)19(18-6-4-5-11-20-18)22(3)12-17-13-23-15(2)21-17/h4-11,13,19H,12H2,1-3H3/t19-/m1/s1. The summed E-state index contributed by atoms with van der Waals surface area (Å²) in [5, 5.41) is 3.24. The number of aromatic nitrogens is 2. The number of benzene rings is 1.